The molecule has 0 spiro atoms. The third-order valence-corrected chi connectivity index (χ3v) is 3.28. The minimum Gasteiger partial charge on any atom is -0.256 e. The summed E-state index contributed by atoms with van der Waals surface area (Å²) in [6.45, 7) is 3.89. The highest BCUT2D eigenvalue weighted by atomic mass is 79.9. The van der Waals surface area contributed by atoms with Gasteiger partial charge in [-0.25, -0.2) is 0 Å². The van der Waals surface area contributed by atoms with E-state index in [4.69, 9.17) is 11.6 Å². The zero-order valence-corrected chi connectivity index (χ0v) is 10.1. The highest BCUT2D eigenvalue weighted by molar-refractivity contribution is 9.10. The first-order chi connectivity index (χ1) is 6.59. The molecule has 4 heteroatoms. The first kappa shape index (κ1) is 9.87. The second-order valence-electron chi connectivity index (χ2n) is 3.17. The molecule has 2 aromatic heterocycles. The van der Waals surface area contributed by atoms with E-state index in [0.717, 1.165) is 26.8 Å². The number of pyridine rings is 2. The molecule has 2 rings (SSSR count). The maximum absolute atomic E-state index is 6.16. The molecule has 0 saturated heterocycles. The van der Waals surface area contributed by atoms with Gasteiger partial charge in [0.1, 0.15) is 0 Å². The largest absolute Gasteiger partial charge is 0.256 e. The molecule has 0 amide bonds. The molecule has 0 saturated carbocycles. The average Bonchev–Trinajstić information content (AvgIpc) is 2.12. The number of hydrogen-bond donors (Lipinski definition) is 0. The summed E-state index contributed by atoms with van der Waals surface area (Å²) >= 11 is 9.51. The Labute approximate surface area is 95.5 Å². The van der Waals surface area contributed by atoms with Crippen LogP contribution >= 0.6 is 27.5 Å². The fourth-order valence-corrected chi connectivity index (χ4v) is 1.97. The van der Waals surface area contributed by atoms with Crippen molar-refractivity contribution in [2.75, 3.05) is 0 Å². The molecule has 0 aliphatic rings. The van der Waals surface area contributed by atoms with Gasteiger partial charge in [-0.2, -0.15) is 0 Å². The number of aromatic nitrogens is 2. The molecule has 2 aromatic rings. The topological polar surface area (TPSA) is 25.8 Å². The van der Waals surface area contributed by atoms with E-state index >= 15 is 0 Å². The lowest BCUT2D eigenvalue weighted by atomic mass is 10.2. The third kappa shape index (κ3) is 1.51. The lowest BCUT2D eigenvalue weighted by Gasteiger charge is -2.05. The molecule has 14 heavy (non-hydrogen) atoms. The third-order valence-electron chi connectivity index (χ3n) is 2.05. The summed E-state index contributed by atoms with van der Waals surface area (Å²) in [5, 5.41) is 1.65. The van der Waals surface area contributed by atoms with Gasteiger partial charge in [-0.15, -0.1) is 0 Å². The van der Waals surface area contributed by atoms with Gasteiger partial charge in [-0.05, 0) is 35.8 Å². The maximum atomic E-state index is 6.16. The summed E-state index contributed by atoms with van der Waals surface area (Å²) in [4.78, 5) is 8.62. The molecule has 72 valence electrons. The molecular formula is C10H8BrClN2. The Balaban J connectivity index is 2.95. The van der Waals surface area contributed by atoms with Gasteiger partial charge in [0.25, 0.3) is 0 Å². The zero-order chi connectivity index (χ0) is 10.3. The van der Waals surface area contributed by atoms with Crippen molar-refractivity contribution < 1.29 is 0 Å². The van der Waals surface area contributed by atoms with E-state index in [0.29, 0.717) is 5.02 Å². The van der Waals surface area contributed by atoms with Crippen molar-refractivity contribution in [3.63, 3.8) is 0 Å². The quantitative estimate of drug-likeness (QED) is 0.731. The van der Waals surface area contributed by atoms with Crippen LogP contribution < -0.4 is 0 Å². The summed E-state index contributed by atoms with van der Waals surface area (Å²) in [6.07, 6.45) is 1.70. The van der Waals surface area contributed by atoms with Gasteiger partial charge in [0, 0.05) is 17.3 Å². The zero-order valence-electron chi connectivity index (χ0n) is 7.81. The van der Waals surface area contributed by atoms with Crippen LogP contribution in [0.5, 0.6) is 0 Å². The number of fused-ring (bicyclic) bond motifs is 1. The van der Waals surface area contributed by atoms with Crippen LogP contribution in [0.15, 0.2) is 16.7 Å². The van der Waals surface area contributed by atoms with E-state index in [1.165, 1.54) is 0 Å². The van der Waals surface area contributed by atoms with E-state index < -0.39 is 0 Å². The Hall–Kier alpha value is -0.670. The summed E-state index contributed by atoms with van der Waals surface area (Å²) < 4.78 is 0.816. The monoisotopic (exact) mass is 270 g/mol. The predicted octanol–water partition coefficient (Wildman–Crippen LogP) is 3.66. The van der Waals surface area contributed by atoms with Crippen molar-refractivity contribution in [2.24, 2.45) is 0 Å². The second kappa shape index (κ2) is 3.48. The van der Waals surface area contributed by atoms with Gasteiger partial charge in [-0.1, -0.05) is 11.6 Å². The Bertz CT molecular complexity index is 511. The van der Waals surface area contributed by atoms with Crippen LogP contribution in [0.25, 0.3) is 10.9 Å². The van der Waals surface area contributed by atoms with Crippen LogP contribution in [0.4, 0.5) is 0 Å². The Kier molecular flexibility index (Phi) is 2.45. The molecule has 2 nitrogen and oxygen atoms in total. The molecule has 0 fully saturated rings. The molecule has 2 heterocycles. The smallest absolute Gasteiger partial charge is 0.0930 e. The van der Waals surface area contributed by atoms with Gasteiger partial charge in [0.2, 0.25) is 0 Å². The first-order valence-electron chi connectivity index (χ1n) is 4.17. The number of aryl methyl sites for hydroxylation is 2. The van der Waals surface area contributed by atoms with Gasteiger partial charge < -0.3 is 0 Å². The van der Waals surface area contributed by atoms with Crippen molar-refractivity contribution in [1.29, 1.82) is 0 Å². The summed E-state index contributed by atoms with van der Waals surface area (Å²) in [7, 11) is 0. The van der Waals surface area contributed by atoms with E-state index in [9.17, 15) is 0 Å². The van der Waals surface area contributed by atoms with Crippen molar-refractivity contribution in [2.45, 2.75) is 13.8 Å². The minimum absolute atomic E-state index is 0.698. The lowest BCUT2D eigenvalue weighted by molar-refractivity contribution is 1.13. The second-order valence-corrected chi connectivity index (χ2v) is 4.40. The average molecular weight is 272 g/mol. The minimum atomic E-state index is 0.698. The normalized spacial score (nSPS) is 10.9. The Morgan fingerprint density at radius 3 is 2.79 bits per heavy atom. The molecule has 0 aliphatic heterocycles. The van der Waals surface area contributed by atoms with Gasteiger partial charge in [-0.3, -0.25) is 9.97 Å². The first-order valence-corrected chi connectivity index (χ1v) is 5.34. The number of rotatable bonds is 0. The molecule has 0 aromatic carbocycles. The summed E-state index contributed by atoms with van der Waals surface area (Å²) in [5.41, 5.74) is 2.73. The van der Waals surface area contributed by atoms with Crippen molar-refractivity contribution in [3.05, 3.63) is 33.1 Å². The summed E-state index contributed by atoms with van der Waals surface area (Å²) in [6, 6.07) is 1.95. The Morgan fingerprint density at radius 2 is 2.07 bits per heavy atom. The van der Waals surface area contributed by atoms with Gasteiger partial charge >= 0.3 is 0 Å². The van der Waals surface area contributed by atoms with Crippen LogP contribution in [0.1, 0.15) is 11.4 Å². The molecule has 0 bridgehead atoms. The Morgan fingerprint density at radius 1 is 1.36 bits per heavy atom. The van der Waals surface area contributed by atoms with E-state index in [-0.39, 0.29) is 0 Å². The van der Waals surface area contributed by atoms with Crippen molar-refractivity contribution in [3.8, 4) is 0 Å². The van der Waals surface area contributed by atoms with Crippen LogP contribution in [0.3, 0.4) is 0 Å². The van der Waals surface area contributed by atoms with Crippen LogP contribution in [-0.4, -0.2) is 9.97 Å². The lowest BCUT2D eigenvalue weighted by Crippen LogP contribution is -1.91. The molecule has 0 atom stereocenters. The molecular weight excluding hydrogens is 263 g/mol. The van der Waals surface area contributed by atoms with E-state index in [1.54, 1.807) is 6.20 Å². The van der Waals surface area contributed by atoms with E-state index in [2.05, 4.69) is 25.9 Å². The number of hydrogen-bond acceptors (Lipinski definition) is 2. The summed E-state index contributed by atoms with van der Waals surface area (Å²) in [5.74, 6) is 0. The SMILES string of the molecule is Cc1cc2c(Cl)c(Br)cnc2c(C)n1. The van der Waals surface area contributed by atoms with Crippen molar-refractivity contribution >= 4 is 38.4 Å². The fraction of sp³-hybridized carbons (Fsp3) is 0.200. The number of nitrogens with zero attached hydrogens (tertiary/aromatic N) is 2. The highest BCUT2D eigenvalue weighted by Gasteiger charge is 2.07. The van der Waals surface area contributed by atoms with Gasteiger partial charge in [0.05, 0.1) is 20.7 Å². The molecule has 0 unspecified atom stereocenters. The molecule has 0 aliphatic carbocycles. The van der Waals surface area contributed by atoms with Gasteiger partial charge in [0.15, 0.2) is 0 Å². The van der Waals surface area contributed by atoms with Crippen LogP contribution in [0.2, 0.25) is 5.02 Å². The van der Waals surface area contributed by atoms with E-state index in [1.807, 2.05) is 19.9 Å². The van der Waals surface area contributed by atoms with Crippen molar-refractivity contribution in [1.82, 2.24) is 9.97 Å². The predicted molar refractivity (Wildman–Crippen MR) is 61.7 cm³/mol. The molecule has 0 N–H and O–H groups in total. The van der Waals surface area contributed by atoms with Crippen LogP contribution in [0, 0.1) is 13.8 Å². The molecule has 0 radical (unpaired) electrons. The number of halogens is 2. The fourth-order valence-electron chi connectivity index (χ4n) is 1.46. The highest BCUT2D eigenvalue weighted by Crippen LogP contribution is 2.30. The van der Waals surface area contributed by atoms with Crippen LogP contribution in [-0.2, 0) is 0 Å². The maximum Gasteiger partial charge on any atom is 0.0930 e. The standard InChI is InChI=1S/C10H8BrClN2/c1-5-3-7-9(12)8(11)4-13-10(7)6(2)14-5/h3-4H,1-2H3.